The minimum absolute atomic E-state index is 0.177. The lowest BCUT2D eigenvalue weighted by Crippen LogP contribution is -2.28. The van der Waals surface area contributed by atoms with Gasteiger partial charge in [-0.2, -0.15) is 0 Å². The Bertz CT molecular complexity index is 309. The van der Waals surface area contributed by atoms with Crippen molar-refractivity contribution in [1.82, 2.24) is 0 Å². The number of hydrogen-bond donors (Lipinski definition) is 1. The molecule has 2 atom stereocenters. The fourth-order valence-corrected chi connectivity index (χ4v) is 0.925. The maximum absolute atomic E-state index is 11.5. The Kier molecular flexibility index (Phi) is 7.27. The molecule has 0 saturated heterocycles. The van der Waals surface area contributed by atoms with E-state index in [4.69, 9.17) is 9.47 Å². The first-order valence-electron chi connectivity index (χ1n) is 5.93. The summed E-state index contributed by atoms with van der Waals surface area (Å²) in [6.45, 7) is 10.1. The molecule has 5 nitrogen and oxygen atoms in total. The van der Waals surface area contributed by atoms with Gasteiger partial charge in [-0.15, -0.1) is 0 Å². The average Bonchev–Trinajstić information content (AvgIpc) is 2.31. The van der Waals surface area contributed by atoms with Gasteiger partial charge < -0.3 is 14.6 Å². The predicted molar refractivity (Wildman–Crippen MR) is 66.7 cm³/mol. The summed E-state index contributed by atoms with van der Waals surface area (Å²) in [5.74, 6) is -0.989. The van der Waals surface area contributed by atoms with Crippen molar-refractivity contribution < 1.29 is 24.2 Å². The van der Waals surface area contributed by atoms with Gasteiger partial charge in [0.1, 0.15) is 19.3 Å². The second kappa shape index (κ2) is 7.87. The van der Waals surface area contributed by atoms with Crippen LogP contribution in [0.3, 0.4) is 0 Å². The van der Waals surface area contributed by atoms with Gasteiger partial charge in [0.2, 0.25) is 0 Å². The summed E-state index contributed by atoms with van der Waals surface area (Å²) < 4.78 is 9.64. The van der Waals surface area contributed by atoms with E-state index in [1.165, 1.54) is 6.92 Å². The van der Waals surface area contributed by atoms with Crippen molar-refractivity contribution in [2.24, 2.45) is 11.8 Å². The van der Waals surface area contributed by atoms with Gasteiger partial charge in [-0.05, 0) is 12.8 Å². The molecule has 0 aliphatic rings. The molecule has 0 aromatic carbocycles. The largest absolute Gasteiger partial charge is 0.463 e. The fraction of sp³-hybridized carbons (Fsp3) is 0.692. The zero-order valence-corrected chi connectivity index (χ0v) is 11.4. The van der Waals surface area contributed by atoms with Crippen LogP contribution in [0.25, 0.3) is 0 Å². The third-order valence-electron chi connectivity index (χ3n) is 2.55. The molecule has 0 aromatic rings. The Morgan fingerprint density at radius 1 is 1.17 bits per heavy atom. The Labute approximate surface area is 108 Å². The Hall–Kier alpha value is -1.36. The van der Waals surface area contributed by atoms with E-state index < -0.39 is 12.1 Å². The number of esters is 2. The van der Waals surface area contributed by atoms with E-state index in [9.17, 15) is 14.7 Å². The molecule has 0 bridgehead atoms. The number of aliphatic hydroxyl groups is 1. The summed E-state index contributed by atoms with van der Waals surface area (Å²) in [6.07, 6.45) is -1.02. The van der Waals surface area contributed by atoms with Crippen LogP contribution in [-0.4, -0.2) is 36.4 Å². The molecule has 0 rings (SSSR count). The smallest absolute Gasteiger partial charge is 0.333 e. The number of rotatable bonds is 7. The van der Waals surface area contributed by atoms with Crippen LogP contribution < -0.4 is 0 Å². The van der Waals surface area contributed by atoms with E-state index in [-0.39, 0.29) is 36.6 Å². The molecule has 0 radical (unpaired) electrons. The van der Waals surface area contributed by atoms with Crippen LogP contribution in [0.1, 0.15) is 27.7 Å². The van der Waals surface area contributed by atoms with Crippen molar-refractivity contribution in [3.05, 3.63) is 12.2 Å². The zero-order chi connectivity index (χ0) is 14.3. The van der Waals surface area contributed by atoms with E-state index in [1.54, 1.807) is 6.92 Å². The van der Waals surface area contributed by atoms with Crippen LogP contribution >= 0.6 is 0 Å². The Morgan fingerprint density at radius 2 is 1.67 bits per heavy atom. The highest BCUT2D eigenvalue weighted by molar-refractivity contribution is 5.86. The summed E-state index contributed by atoms with van der Waals surface area (Å²) in [4.78, 5) is 22.5. The lowest BCUT2D eigenvalue weighted by atomic mass is 9.99. The van der Waals surface area contributed by atoms with Crippen molar-refractivity contribution in [2.45, 2.75) is 33.8 Å². The van der Waals surface area contributed by atoms with Gasteiger partial charge in [-0.25, -0.2) is 4.79 Å². The van der Waals surface area contributed by atoms with Crippen LogP contribution in [0.5, 0.6) is 0 Å². The lowest BCUT2D eigenvalue weighted by molar-refractivity contribution is -0.155. The molecule has 0 amide bonds. The van der Waals surface area contributed by atoms with Crippen molar-refractivity contribution in [1.29, 1.82) is 0 Å². The summed E-state index contributed by atoms with van der Waals surface area (Å²) in [6, 6.07) is 0. The number of ether oxygens (including phenoxy) is 2. The van der Waals surface area contributed by atoms with Crippen molar-refractivity contribution in [3.8, 4) is 0 Å². The van der Waals surface area contributed by atoms with Gasteiger partial charge >= 0.3 is 11.9 Å². The number of aliphatic hydroxyl groups excluding tert-OH is 1. The second-order valence-electron chi connectivity index (χ2n) is 4.70. The first-order chi connectivity index (χ1) is 8.25. The maximum Gasteiger partial charge on any atom is 0.333 e. The molecule has 0 aliphatic carbocycles. The quantitative estimate of drug-likeness (QED) is 0.550. The fourth-order valence-electron chi connectivity index (χ4n) is 0.925. The van der Waals surface area contributed by atoms with E-state index >= 15 is 0 Å². The standard InChI is InChI=1S/C13H22O5/c1-8(2)10(5)13(16)18-7-11(14)6-17-12(15)9(3)4/h8,10-11,14H,3,6-7H2,1-2,4-5H3. The lowest BCUT2D eigenvalue weighted by Gasteiger charge is -2.16. The summed E-state index contributed by atoms with van der Waals surface area (Å²) >= 11 is 0. The summed E-state index contributed by atoms with van der Waals surface area (Å²) in [7, 11) is 0. The second-order valence-corrected chi connectivity index (χ2v) is 4.70. The van der Waals surface area contributed by atoms with Gasteiger partial charge in [-0.3, -0.25) is 4.79 Å². The molecular formula is C13H22O5. The number of carbonyl (C=O) groups is 2. The monoisotopic (exact) mass is 258 g/mol. The minimum Gasteiger partial charge on any atom is -0.463 e. The van der Waals surface area contributed by atoms with Crippen LogP contribution in [-0.2, 0) is 19.1 Å². The van der Waals surface area contributed by atoms with Crippen molar-refractivity contribution >= 4 is 11.9 Å². The van der Waals surface area contributed by atoms with Gasteiger partial charge in [0.15, 0.2) is 0 Å². The van der Waals surface area contributed by atoms with Gasteiger partial charge in [0.25, 0.3) is 0 Å². The molecule has 0 saturated carbocycles. The molecule has 0 heterocycles. The highest BCUT2D eigenvalue weighted by Crippen LogP contribution is 2.11. The van der Waals surface area contributed by atoms with Gasteiger partial charge in [0.05, 0.1) is 5.92 Å². The molecule has 5 heteroatoms. The third-order valence-corrected chi connectivity index (χ3v) is 2.55. The first-order valence-corrected chi connectivity index (χ1v) is 5.93. The predicted octanol–water partition coefficient (Wildman–Crippen LogP) is 1.30. The Balaban J connectivity index is 3.90. The van der Waals surface area contributed by atoms with Gasteiger partial charge in [0, 0.05) is 5.57 Å². The highest BCUT2D eigenvalue weighted by Gasteiger charge is 2.19. The molecular weight excluding hydrogens is 236 g/mol. The molecule has 0 fully saturated rings. The number of hydrogen-bond acceptors (Lipinski definition) is 5. The topological polar surface area (TPSA) is 72.8 Å². The van der Waals surface area contributed by atoms with Gasteiger partial charge in [-0.1, -0.05) is 27.4 Å². The SMILES string of the molecule is C=C(C)C(=O)OCC(O)COC(=O)C(C)C(C)C. The van der Waals surface area contributed by atoms with Crippen molar-refractivity contribution in [2.75, 3.05) is 13.2 Å². The van der Waals surface area contributed by atoms with Crippen LogP contribution in [0, 0.1) is 11.8 Å². The molecule has 0 aromatic heterocycles. The van der Waals surface area contributed by atoms with E-state index in [0.717, 1.165) is 0 Å². The normalized spacial score (nSPS) is 13.9. The molecule has 1 N–H and O–H groups in total. The average molecular weight is 258 g/mol. The van der Waals surface area contributed by atoms with Crippen LogP contribution in [0.2, 0.25) is 0 Å². The third kappa shape index (κ3) is 6.39. The molecule has 2 unspecified atom stereocenters. The molecule has 0 aliphatic heterocycles. The summed E-state index contributed by atoms with van der Waals surface area (Å²) in [5.41, 5.74) is 0.257. The molecule has 0 spiro atoms. The van der Waals surface area contributed by atoms with E-state index in [2.05, 4.69) is 6.58 Å². The van der Waals surface area contributed by atoms with Crippen LogP contribution in [0.15, 0.2) is 12.2 Å². The zero-order valence-electron chi connectivity index (χ0n) is 11.4. The van der Waals surface area contributed by atoms with Crippen LogP contribution in [0.4, 0.5) is 0 Å². The maximum atomic E-state index is 11.5. The minimum atomic E-state index is -1.02. The van der Waals surface area contributed by atoms with Crippen molar-refractivity contribution in [3.63, 3.8) is 0 Å². The highest BCUT2D eigenvalue weighted by atomic mass is 16.6. The first kappa shape index (κ1) is 16.6. The van der Waals surface area contributed by atoms with E-state index in [1.807, 2.05) is 13.8 Å². The molecule has 104 valence electrons. The van der Waals surface area contributed by atoms with E-state index in [0.29, 0.717) is 0 Å². The number of carbonyl (C=O) groups excluding carboxylic acids is 2. The summed E-state index contributed by atoms with van der Waals surface area (Å²) in [5, 5.41) is 9.47. The molecule has 18 heavy (non-hydrogen) atoms. The Morgan fingerprint density at radius 3 is 2.11 bits per heavy atom.